The van der Waals surface area contributed by atoms with Crippen molar-refractivity contribution in [1.82, 2.24) is 0 Å². The molecule has 4 heteroatoms. The maximum absolute atomic E-state index is 6.15. The Morgan fingerprint density at radius 2 is 1.93 bits per heavy atom. The first-order chi connectivity index (χ1) is 6.52. The molecule has 0 bridgehead atoms. The van der Waals surface area contributed by atoms with Crippen LogP contribution in [0.5, 0.6) is 0 Å². The smallest absolute Gasteiger partial charge is 0.0581 e. The van der Waals surface area contributed by atoms with E-state index >= 15 is 0 Å². The standard InChI is InChI=1S/C10H16BrCl3/c1-7(2)9(13)4-3-8(5-11)10(14)6-12/h7,9H,3-6H2,1-2H3/b10-8+/t9-/m0/s1. The second kappa shape index (κ2) is 8.27. The second-order valence-corrected chi connectivity index (χ2v) is 5.42. The Kier molecular flexibility index (Phi) is 8.91. The van der Waals surface area contributed by atoms with Gasteiger partial charge in [0.1, 0.15) is 0 Å². The van der Waals surface area contributed by atoms with E-state index in [-0.39, 0.29) is 5.38 Å². The van der Waals surface area contributed by atoms with Crippen molar-refractivity contribution in [1.29, 1.82) is 0 Å². The van der Waals surface area contributed by atoms with Crippen LogP contribution >= 0.6 is 50.7 Å². The molecule has 0 unspecified atom stereocenters. The third-order valence-electron chi connectivity index (χ3n) is 2.11. The minimum Gasteiger partial charge on any atom is -0.123 e. The maximum Gasteiger partial charge on any atom is 0.0581 e. The fourth-order valence-electron chi connectivity index (χ4n) is 1.01. The first kappa shape index (κ1) is 15.1. The Morgan fingerprint density at radius 3 is 2.29 bits per heavy atom. The summed E-state index contributed by atoms with van der Waals surface area (Å²) < 4.78 is 0. The van der Waals surface area contributed by atoms with Gasteiger partial charge < -0.3 is 0 Å². The lowest BCUT2D eigenvalue weighted by Crippen LogP contribution is -2.08. The molecule has 0 aromatic rings. The van der Waals surface area contributed by atoms with Crippen LogP contribution in [-0.4, -0.2) is 16.6 Å². The van der Waals surface area contributed by atoms with Gasteiger partial charge in [0.15, 0.2) is 0 Å². The van der Waals surface area contributed by atoms with Gasteiger partial charge in [-0.3, -0.25) is 0 Å². The summed E-state index contributed by atoms with van der Waals surface area (Å²) in [6.45, 7) is 4.25. The zero-order chi connectivity index (χ0) is 11.1. The van der Waals surface area contributed by atoms with Crippen LogP contribution in [0.2, 0.25) is 0 Å². The van der Waals surface area contributed by atoms with Crippen LogP contribution in [0.25, 0.3) is 0 Å². The van der Waals surface area contributed by atoms with Crippen LogP contribution in [0.3, 0.4) is 0 Å². The van der Waals surface area contributed by atoms with Crippen LogP contribution in [0, 0.1) is 5.92 Å². The van der Waals surface area contributed by atoms with Gasteiger partial charge in [-0.2, -0.15) is 0 Å². The highest BCUT2D eigenvalue weighted by atomic mass is 79.9. The van der Waals surface area contributed by atoms with Crippen molar-refractivity contribution in [3.05, 3.63) is 10.6 Å². The van der Waals surface area contributed by atoms with E-state index in [4.69, 9.17) is 34.8 Å². The van der Waals surface area contributed by atoms with Crippen LogP contribution < -0.4 is 0 Å². The molecule has 14 heavy (non-hydrogen) atoms. The molecule has 0 aliphatic rings. The molecule has 0 nitrogen and oxygen atoms in total. The first-order valence-corrected chi connectivity index (χ1v) is 7.12. The maximum atomic E-state index is 6.15. The molecule has 0 aromatic heterocycles. The molecule has 0 saturated heterocycles. The Balaban J connectivity index is 4.09. The van der Waals surface area contributed by atoms with E-state index in [1.165, 1.54) is 0 Å². The van der Waals surface area contributed by atoms with Gasteiger partial charge in [0.25, 0.3) is 0 Å². The summed E-state index contributed by atoms with van der Waals surface area (Å²) in [4.78, 5) is 0. The quantitative estimate of drug-likeness (QED) is 0.593. The van der Waals surface area contributed by atoms with Gasteiger partial charge in [0.2, 0.25) is 0 Å². The Labute approximate surface area is 110 Å². The van der Waals surface area contributed by atoms with Crippen LogP contribution in [0.4, 0.5) is 0 Å². The van der Waals surface area contributed by atoms with Gasteiger partial charge in [-0.15, -0.1) is 23.2 Å². The van der Waals surface area contributed by atoms with Gasteiger partial charge in [0.05, 0.1) is 5.88 Å². The highest BCUT2D eigenvalue weighted by molar-refractivity contribution is 9.09. The van der Waals surface area contributed by atoms with Gasteiger partial charge >= 0.3 is 0 Å². The number of rotatable bonds is 6. The van der Waals surface area contributed by atoms with E-state index in [0.29, 0.717) is 11.8 Å². The number of allylic oxidation sites excluding steroid dienone is 2. The summed E-state index contributed by atoms with van der Waals surface area (Å²) in [7, 11) is 0. The highest BCUT2D eigenvalue weighted by Crippen LogP contribution is 2.23. The molecule has 0 spiro atoms. The molecule has 84 valence electrons. The van der Waals surface area contributed by atoms with Gasteiger partial charge in [-0.05, 0) is 24.3 Å². The summed E-state index contributed by atoms with van der Waals surface area (Å²) in [6.07, 6.45) is 1.87. The van der Waals surface area contributed by atoms with E-state index in [1.54, 1.807) is 0 Å². The van der Waals surface area contributed by atoms with Gasteiger partial charge in [0, 0.05) is 15.7 Å². The summed E-state index contributed by atoms with van der Waals surface area (Å²) in [5.41, 5.74) is 1.16. The summed E-state index contributed by atoms with van der Waals surface area (Å²) in [6, 6.07) is 0. The number of alkyl halides is 3. The number of hydrogen-bond donors (Lipinski definition) is 0. The molecule has 0 saturated carbocycles. The molecule has 0 N–H and O–H groups in total. The van der Waals surface area contributed by atoms with Crippen molar-refractivity contribution >= 4 is 50.7 Å². The highest BCUT2D eigenvalue weighted by Gasteiger charge is 2.11. The lowest BCUT2D eigenvalue weighted by atomic mass is 10.0. The van der Waals surface area contributed by atoms with Gasteiger partial charge in [-0.25, -0.2) is 0 Å². The SMILES string of the molecule is CC(C)[C@@H](Cl)CC/C(CBr)=C(\Cl)CCl. The lowest BCUT2D eigenvalue weighted by Gasteiger charge is -2.14. The van der Waals surface area contributed by atoms with Crippen molar-refractivity contribution in [2.24, 2.45) is 5.92 Å². The third-order valence-corrected chi connectivity index (χ3v) is 4.31. The molecule has 0 fully saturated rings. The molecule has 0 heterocycles. The first-order valence-electron chi connectivity index (χ1n) is 4.65. The summed E-state index contributed by atoms with van der Waals surface area (Å²) in [5, 5.41) is 1.74. The molecular weight excluding hydrogens is 306 g/mol. The largest absolute Gasteiger partial charge is 0.123 e. The number of halogens is 4. The van der Waals surface area contributed by atoms with Crippen molar-refractivity contribution in [3.8, 4) is 0 Å². The zero-order valence-electron chi connectivity index (χ0n) is 8.49. The van der Waals surface area contributed by atoms with Crippen LogP contribution in [0.15, 0.2) is 10.6 Å². The van der Waals surface area contributed by atoms with Crippen molar-refractivity contribution in [2.75, 3.05) is 11.2 Å². The minimum atomic E-state index is 0.212. The summed E-state index contributed by atoms with van der Waals surface area (Å²) in [5.74, 6) is 0.889. The van der Waals surface area contributed by atoms with E-state index < -0.39 is 0 Å². The molecule has 1 atom stereocenters. The summed E-state index contributed by atoms with van der Waals surface area (Å²) >= 11 is 21.2. The topological polar surface area (TPSA) is 0 Å². The molecule has 0 radical (unpaired) electrons. The molecule has 0 aliphatic heterocycles. The van der Waals surface area contributed by atoms with E-state index in [0.717, 1.165) is 28.8 Å². The predicted octanol–water partition coefficient (Wildman–Crippen LogP) is 5.16. The fraction of sp³-hybridized carbons (Fsp3) is 0.800. The van der Waals surface area contributed by atoms with Crippen molar-refractivity contribution in [3.63, 3.8) is 0 Å². The Bertz CT molecular complexity index is 190. The van der Waals surface area contributed by atoms with Crippen LogP contribution in [-0.2, 0) is 0 Å². The van der Waals surface area contributed by atoms with E-state index in [2.05, 4.69) is 29.8 Å². The van der Waals surface area contributed by atoms with Crippen LogP contribution in [0.1, 0.15) is 26.7 Å². The van der Waals surface area contributed by atoms with Crippen molar-refractivity contribution in [2.45, 2.75) is 32.1 Å². The Morgan fingerprint density at radius 1 is 1.36 bits per heavy atom. The minimum absolute atomic E-state index is 0.212. The predicted molar refractivity (Wildman–Crippen MR) is 71.1 cm³/mol. The lowest BCUT2D eigenvalue weighted by molar-refractivity contribution is 0.564. The van der Waals surface area contributed by atoms with E-state index in [9.17, 15) is 0 Å². The van der Waals surface area contributed by atoms with Crippen molar-refractivity contribution < 1.29 is 0 Å². The second-order valence-electron chi connectivity index (χ2n) is 3.57. The molecule has 0 aliphatic carbocycles. The van der Waals surface area contributed by atoms with E-state index in [1.807, 2.05) is 0 Å². The normalized spacial score (nSPS) is 15.6. The average molecular weight is 323 g/mol. The molecule has 0 rings (SSSR count). The Hall–Kier alpha value is 1.09. The zero-order valence-corrected chi connectivity index (χ0v) is 12.3. The molecule has 0 aromatic carbocycles. The molecular formula is C10H16BrCl3. The van der Waals surface area contributed by atoms with Gasteiger partial charge in [-0.1, -0.05) is 41.4 Å². The average Bonchev–Trinajstić information content (AvgIpc) is 2.17. The molecule has 0 amide bonds. The monoisotopic (exact) mass is 320 g/mol. The third kappa shape index (κ3) is 5.85. The number of hydrogen-bond acceptors (Lipinski definition) is 0. The fourth-order valence-corrected chi connectivity index (χ4v) is 2.25.